The highest BCUT2D eigenvalue weighted by atomic mass is 19.1. The second-order valence-corrected chi connectivity index (χ2v) is 7.11. The Hall–Kier alpha value is -2.93. The predicted octanol–water partition coefficient (Wildman–Crippen LogP) is 3.26. The zero-order valence-electron chi connectivity index (χ0n) is 16.8. The Labute approximate surface area is 170 Å². The first-order chi connectivity index (χ1) is 13.9. The summed E-state index contributed by atoms with van der Waals surface area (Å²) >= 11 is 0. The Morgan fingerprint density at radius 2 is 1.72 bits per heavy atom. The molecule has 0 spiro atoms. The van der Waals surface area contributed by atoms with Gasteiger partial charge in [0.15, 0.2) is 0 Å². The van der Waals surface area contributed by atoms with Crippen molar-refractivity contribution in [2.45, 2.75) is 45.6 Å². The van der Waals surface area contributed by atoms with Crippen LogP contribution in [0.5, 0.6) is 0 Å². The van der Waals surface area contributed by atoms with Crippen LogP contribution in [0.3, 0.4) is 0 Å². The number of carbonyl (C=O) groups is 2. The SMILES string of the molecule is Cc1cc(N[C@H](CCCCNC(=O)Cc2ccccc2)C(=O)NO)cc(C)c1F. The maximum absolute atomic E-state index is 13.8. The van der Waals surface area contributed by atoms with Gasteiger partial charge in [0, 0.05) is 12.2 Å². The molecule has 6 nitrogen and oxygen atoms in total. The van der Waals surface area contributed by atoms with Crippen molar-refractivity contribution in [2.24, 2.45) is 0 Å². The Balaban J connectivity index is 1.79. The van der Waals surface area contributed by atoms with Crippen molar-refractivity contribution in [3.63, 3.8) is 0 Å². The van der Waals surface area contributed by atoms with Crippen LogP contribution in [0.25, 0.3) is 0 Å². The van der Waals surface area contributed by atoms with Gasteiger partial charge >= 0.3 is 0 Å². The van der Waals surface area contributed by atoms with Crippen LogP contribution < -0.4 is 16.1 Å². The smallest absolute Gasteiger partial charge is 0.265 e. The van der Waals surface area contributed by atoms with Gasteiger partial charge in [0.2, 0.25) is 5.91 Å². The Morgan fingerprint density at radius 1 is 1.07 bits per heavy atom. The van der Waals surface area contributed by atoms with Gasteiger partial charge in [0.1, 0.15) is 11.9 Å². The van der Waals surface area contributed by atoms with Crippen molar-refractivity contribution < 1.29 is 19.2 Å². The second kappa shape index (κ2) is 11.2. The van der Waals surface area contributed by atoms with E-state index < -0.39 is 11.9 Å². The van der Waals surface area contributed by atoms with E-state index in [9.17, 15) is 14.0 Å². The number of halogens is 1. The first-order valence-corrected chi connectivity index (χ1v) is 9.68. The fourth-order valence-corrected chi connectivity index (χ4v) is 3.12. The molecule has 0 aliphatic rings. The number of hydrogen-bond donors (Lipinski definition) is 4. The van der Waals surface area contributed by atoms with Crippen LogP contribution in [0, 0.1) is 19.7 Å². The minimum Gasteiger partial charge on any atom is -0.374 e. The largest absolute Gasteiger partial charge is 0.374 e. The maximum Gasteiger partial charge on any atom is 0.265 e. The lowest BCUT2D eigenvalue weighted by molar-refractivity contribution is -0.130. The number of amides is 2. The summed E-state index contributed by atoms with van der Waals surface area (Å²) in [6, 6.07) is 12.1. The second-order valence-electron chi connectivity index (χ2n) is 7.11. The summed E-state index contributed by atoms with van der Waals surface area (Å²) in [4.78, 5) is 23.9. The highest BCUT2D eigenvalue weighted by Crippen LogP contribution is 2.20. The molecule has 0 bridgehead atoms. The summed E-state index contributed by atoms with van der Waals surface area (Å²) in [5.41, 5.74) is 4.21. The van der Waals surface area contributed by atoms with Crippen molar-refractivity contribution in [1.82, 2.24) is 10.8 Å². The molecule has 2 aromatic carbocycles. The number of anilines is 1. The van der Waals surface area contributed by atoms with E-state index in [1.807, 2.05) is 30.3 Å². The molecule has 7 heteroatoms. The number of hydrogen-bond acceptors (Lipinski definition) is 4. The molecular formula is C22H28FN3O3. The molecule has 0 saturated heterocycles. The number of unbranched alkanes of at least 4 members (excludes halogenated alkanes) is 1. The maximum atomic E-state index is 13.8. The molecule has 0 unspecified atom stereocenters. The Kier molecular flexibility index (Phi) is 8.61. The third-order valence-corrected chi connectivity index (χ3v) is 4.65. The molecule has 0 radical (unpaired) electrons. The van der Waals surface area contributed by atoms with Crippen molar-refractivity contribution >= 4 is 17.5 Å². The van der Waals surface area contributed by atoms with E-state index in [0.717, 1.165) is 5.56 Å². The van der Waals surface area contributed by atoms with Crippen LogP contribution >= 0.6 is 0 Å². The van der Waals surface area contributed by atoms with Crippen LogP contribution in [0.2, 0.25) is 0 Å². The van der Waals surface area contributed by atoms with E-state index in [1.165, 1.54) is 0 Å². The van der Waals surface area contributed by atoms with Gasteiger partial charge in [-0.3, -0.25) is 14.8 Å². The Bertz CT molecular complexity index is 804. The Morgan fingerprint density at radius 3 is 2.34 bits per heavy atom. The predicted molar refractivity (Wildman–Crippen MR) is 110 cm³/mol. The zero-order valence-corrected chi connectivity index (χ0v) is 16.8. The molecule has 4 N–H and O–H groups in total. The third kappa shape index (κ3) is 7.19. The van der Waals surface area contributed by atoms with Gasteiger partial charge in [-0.1, -0.05) is 30.3 Å². The molecule has 2 amide bonds. The molecule has 2 aromatic rings. The van der Waals surface area contributed by atoms with Gasteiger partial charge in [-0.05, 0) is 61.9 Å². The molecule has 1 atom stereocenters. The average Bonchev–Trinajstić information content (AvgIpc) is 2.71. The molecule has 0 heterocycles. The molecule has 0 aliphatic carbocycles. The highest BCUT2D eigenvalue weighted by molar-refractivity contribution is 5.83. The number of rotatable bonds is 10. The van der Waals surface area contributed by atoms with Gasteiger partial charge in [-0.25, -0.2) is 9.87 Å². The van der Waals surface area contributed by atoms with Gasteiger partial charge in [0.05, 0.1) is 6.42 Å². The molecule has 0 aliphatic heterocycles. The molecule has 156 valence electrons. The van der Waals surface area contributed by atoms with E-state index in [1.54, 1.807) is 31.5 Å². The first kappa shape index (κ1) is 22.4. The zero-order chi connectivity index (χ0) is 21.2. The molecule has 0 fully saturated rings. The van der Waals surface area contributed by atoms with Gasteiger partial charge in [-0.15, -0.1) is 0 Å². The molecule has 0 aromatic heterocycles. The highest BCUT2D eigenvalue weighted by Gasteiger charge is 2.18. The van der Waals surface area contributed by atoms with Gasteiger partial charge in [-0.2, -0.15) is 0 Å². The molecular weight excluding hydrogens is 373 g/mol. The summed E-state index contributed by atoms with van der Waals surface area (Å²) < 4.78 is 13.8. The fourth-order valence-electron chi connectivity index (χ4n) is 3.12. The van der Waals surface area contributed by atoms with E-state index >= 15 is 0 Å². The monoisotopic (exact) mass is 401 g/mol. The standard InChI is InChI=1S/C22H28FN3O3/c1-15-12-18(13-16(2)21(15)23)25-19(22(28)26-29)10-6-7-11-24-20(27)14-17-8-4-3-5-9-17/h3-5,8-9,12-13,19,25,29H,6-7,10-11,14H2,1-2H3,(H,24,27)(H,26,28)/t19-/m1/s1. The molecule has 0 saturated carbocycles. The van der Waals surface area contributed by atoms with Crippen molar-refractivity contribution in [1.29, 1.82) is 0 Å². The van der Waals surface area contributed by atoms with Crippen molar-refractivity contribution in [2.75, 3.05) is 11.9 Å². The van der Waals surface area contributed by atoms with Crippen LogP contribution in [-0.4, -0.2) is 29.6 Å². The van der Waals surface area contributed by atoms with Gasteiger partial charge < -0.3 is 10.6 Å². The summed E-state index contributed by atoms with van der Waals surface area (Å²) in [7, 11) is 0. The number of nitrogens with one attached hydrogen (secondary N) is 3. The van der Waals surface area contributed by atoms with Crippen molar-refractivity contribution in [3.05, 3.63) is 65.0 Å². The summed E-state index contributed by atoms with van der Waals surface area (Å²) in [6.07, 6.45) is 2.15. The van der Waals surface area contributed by atoms with E-state index in [4.69, 9.17) is 5.21 Å². The molecule has 29 heavy (non-hydrogen) atoms. The number of hydroxylamine groups is 1. The molecule has 2 rings (SSSR count). The number of aryl methyl sites for hydroxylation is 2. The van der Waals surface area contributed by atoms with E-state index in [-0.39, 0.29) is 11.7 Å². The third-order valence-electron chi connectivity index (χ3n) is 4.65. The normalized spacial score (nSPS) is 11.6. The average molecular weight is 401 g/mol. The van der Waals surface area contributed by atoms with Gasteiger partial charge in [0.25, 0.3) is 5.91 Å². The number of carbonyl (C=O) groups excluding carboxylic acids is 2. The van der Waals surface area contributed by atoms with Crippen molar-refractivity contribution in [3.8, 4) is 0 Å². The quantitative estimate of drug-likeness (QED) is 0.279. The van der Waals surface area contributed by atoms with E-state index in [0.29, 0.717) is 49.0 Å². The van der Waals surface area contributed by atoms with Crippen LogP contribution in [0.4, 0.5) is 10.1 Å². The summed E-state index contributed by atoms with van der Waals surface area (Å²) in [5.74, 6) is -0.876. The first-order valence-electron chi connectivity index (χ1n) is 9.68. The van der Waals surface area contributed by atoms with Crippen LogP contribution in [-0.2, 0) is 16.0 Å². The summed E-state index contributed by atoms with van der Waals surface area (Å²) in [6.45, 7) is 3.83. The van der Waals surface area contributed by atoms with Crippen LogP contribution in [0.15, 0.2) is 42.5 Å². The minimum absolute atomic E-state index is 0.0451. The van der Waals surface area contributed by atoms with Crippen LogP contribution in [0.1, 0.15) is 36.0 Å². The fraction of sp³-hybridized carbons (Fsp3) is 0.364. The lowest BCUT2D eigenvalue weighted by atomic mass is 10.1. The van der Waals surface area contributed by atoms with E-state index in [2.05, 4.69) is 10.6 Å². The summed E-state index contributed by atoms with van der Waals surface area (Å²) in [5, 5.41) is 14.9. The topological polar surface area (TPSA) is 90.5 Å². The minimum atomic E-state index is -0.663. The lowest BCUT2D eigenvalue weighted by Gasteiger charge is -2.19. The lowest BCUT2D eigenvalue weighted by Crippen LogP contribution is -2.38. The number of benzene rings is 2.